The van der Waals surface area contributed by atoms with E-state index in [0.29, 0.717) is 0 Å². The lowest BCUT2D eigenvalue weighted by Crippen LogP contribution is -2.11. The van der Waals surface area contributed by atoms with Crippen molar-refractivity contribution >= 4 is 34.1 Å². The largest absolute Gasteiger partial charge is 0.311 e. The number of para-hydroxylation sites is 5. The molecule has 0 saturated carbocycles. The van der Waals surface area contributed by atoms with Gasteiger partial charge in [-0.3, -0.25) is 0 Å². The molecule has 0 spiro atoms. The molecule has 0 radical (unpaired) electrons. The van der Waals surface area contributed by atoms with E-state index in [0.717, 1.165) is 34.1 Å². The molecule has 38 heavy (non-hydrogen) atoms. The van der Waals surface area contributed by atoms with Crippen molar-refractivity contribution < 1.29 is 0 Å². The summed E-state index contributed by atoms with van der Waals surface area (Å²) in [6.07, 6.45) is 0. The second-order valence-corrected chi connectivity index (χ2v) is 9.08. The van der Waals surface area contributed by atoms with Crippen molar-refractivity contribution in [3.05, 3.63) is 170 Å². The number of rotatable bonds is 7. The Morgan fingerprint density at radius 2 is 0.605 bits per heavy atom. The molecule has 6 rings (SSSR count). The van der Waals surface area contributed by atoms with Crippen molar-refractivity contribution in [2.75, 3.05) is 9.80 Å². The van der Waals surface area contributed by atoms with E-state index in [2.05, 4.69) is 180 Å². The fourth-order valence-corrected chi connectivity index (χ4v) is 4.89. The summed E-state index contributed by atoms with van der Waals surface area (Å²) in [5, 5.41) is 0. The standard InChI is InChI=1S/C36H28N2/c1-5-15-30(16-6-1)37(31-17-7-2-8-18-31)34-27-25-29(26-28-34)35-23-13-14-24-36(35)38(32-19-9-3-10-20-32)33-21-11-4-12-22-33/h1-28H. The molecule has 0 N–H and O–H groups in total. The summed E-state index contributed by atoms with van der Waals surface area (Å²) in [7, 11) is 0. The second-order valence-electron chi connectivity index (χ2n) is 9.08. The van der Waals surface area contributed by atoms with Crippen LogP contribution in [0.1, 0.15) is 0 Å². The molecular weight excluding hydrogens is 460 g/mol. The topological polar surface area (TPSA) is 6.48 Å². The Hall–Kier alpha value is -5.08. The Bertz CT molecular complexity index is 1500. The van der Waals surface area contributed by atoms with E-state index in [-0.39, 0.29) is 0 Å². The summed E-state index contributed by atoms with van der Waals surface area (Å²) in [5.74, 6) is 0. The van der Waals surface area contributed by atoms with Crippen molar-refractivity contribution in [3.63, 3.8) is 0 Å². The van der Waals surface area contributed by atoms with Gasteiger partial charge in [0.15, 0.2) is 0 Å². The highest BCUT2D eigenvalue weighted by Gasteiger charge is 2.17. The van der Waals surface area contributed by atoms with Gasteiger partial charge in [0.25, 0.3) is 0 Å². The van der Waals surface area contributed by atoms with Crippen molar-refractivity contribution in [2.45, 2.75) is 0 Å². The first-order chi connectivity index (χ1) is 18.9. The van der Waals surface area contributed by atoms with E-state index in [1.807, 2.05) is 0 Å². The normalized spacial score (nSPS) is 10.6. The van der Waals surface area contributed by atoms with E-state index >= 15 is 0 Å². The zero-order chi connectivity index (χ0) is 25.6. The quantitative estimate of drug-likeness (QED) is 0.220. The molecule has 0 saturated heterocycles. The molecule has 0 fully saturated rings. The lowest BCUT2D eigenvalue weighted by molar-refractivity contribution is 1.27. The minimum Gasteiger partial charge on any atom is -0.311 e. The number of anilines is 6. The number of hydrogen-bond acceptors (Lipinski definition) is 2. The van der Waals surface area contributed by atoms with Crippen molar-refractivity contribution in [2.24, 2.45) is 0 Å². The summed E-state index contributed by atoms with van der Waals surface area (Å²) in [6.45, 7) is 0. The van der Waals surface area contributed by atoms with Crippen LogP contribution >= 0.6 is 0 Å². The van der Waals surface area contributed by atoms with Gasteiger partial charge < -0.3 is 9.80 Å². The third-order valence-corrected chi connectivity index (χ3v) is 6.64. The first-order valence-corrected chi connectivity index (χ1v) is 12.9. The van der Waals surface area contributed by atoms with Crippen LogP contribution < -0.4 is 9.80 Å². The van der Waals surface area contributed by atoms with Gasteiger partial charge in [-0.25, -0.2) is 0 Å². The molecule has 0 aliphatic rings. The van der Waals surface area contributed by atoms with E-state index in [1.165, 1.54) is 11.1 Å². The Kier molecular flexibility index (Phi) is 6.69. The predicted molar refractivity (Wildman–Crippen MR) is 161 cm³/mol. The lowest BCUT2D eigenvalue weighted by atomic mass is 10.0. The molecule has 0 amide bonds. The van der Waals surface area contributed by atoms with Gasteiger partial charge in [-0.2, -0.15) is 0 Å². The van der Waals surface area contributed by atoms with Gasteiger partial charge in [0.1, 0.15) is 0 Å². The molecule has 0 aromatic heterocycles. The minimum absolute atomic E-state index is 1.12. The Labute approximate surface area is 224 Å². The van der Waals surface area contributed by atoms with Gasteiger partial charge in [0.2, 0.25) is 0 Å². The Morgan fingerprint density at radius 3 is 1.05 bits per heavy atom. The molecule has 2 heteroatoms. The van der Waals surface area contributed by atoms with Gasteiger partial charge >= 0.3 is 0 Å². The van der Waals surface area contributed by atoms with Gasteiger partial charge in [-0.15, -0.1) is 0 Å². The molecular formula is C36H28N2. The highest BCUT2D eigenvalue weighted by molar-refractivity contribution is 5.88. The van der Waals surface area contributed by atoms with Crippen LogP contribution in [0.4, 0.5) is 34.1 Å². The summed E-state index contributed by atoms with van der Waals surface area (Å²) < 4.78 is 0. The molecule has 0 aliphatic carbocycles. The maximum absolute atomic E-state index is 2.32. The molecule has 0 bridgehead atoms. The highest BCUT2D eigenvalue weighted by atomic mass is 15.1. The van der Waals surface area contributed by atoms with Crippen LogP contribution in [-0.2, 0) is 0 Å². The first kappa shape index (κ1) is 23.3. The van der Waals surface area contributed by atoms with Crippen LogP contribution in [0.15, 0.2) is 170 Å². The Morgan fingerprint density at radius 1 is 0.263 bits per heavy atom. The third-order valence-electron chi connectivity index (χ3n) is 6.64. The number of hydrogen-bond donors (Lipinski definition) is 0. The van der Waals surface area contributed by atoms with Gasteiger partial charge in [0.05, 0.1) is 5.69 Å². The van der Waals surface area contributed by atoms with E-state index < -0.39 is 0 Å². The molecule has 6 aromatic carbocycles. The summed E-state index contributed by atoms with van der Waals surface area (Å²) in [4.78, 5) is 4.61. The maximum atomic E-state index is 2.32. The molecule has 6 aromatic rings. The Balaban J connectivity index is 1.43. The second kappa shape index (κ2) is 10.9. The van der Waals surface area contributed by atoms with E-state index in [9.17, 15) is 0 Å². The summed E-state index contributed by atoms with van der Waals surface area (Å²) in [5.41, 5.74) is 9.12. The molecule has 0 aliphatic heterocycles. The maximum Gasteiger partial charge on any atom is 0.0540 e. The fourth-order valence-electron chi connectivity index (χ4n) is 4.89. The SMILES string of the molecule is c1ccc(N(c2ccccc2)c2ccc(-c3ccccc3N(c3ccccc3)c3ccccc3)cc2)cc1. The average Bonchev–Trinajstić information content (AvgIpc) is 3.00. The zero-order valence-electron chi connectivity index (χ0n) is 21.1. The molecule has 0 unspecified atom stereocenters. The average molecular weight is 489 g/mol. The van der Waals surface area contributed by atoms with E-state index in [4.69, 9.17) is 0 Å². The van der Waals surface area contributed by atoms with Crippen LogP contribution in [0, 0.1) is 0 Å². The van der Waals surface area contributed by atoms with Crippen LogP contribution in [0.3, 0.4) is 0 Å². The number of benzene rings is 6. The van der Waals surface area contributed by atoms with Crippen LogP contribution in [-0.4, -0.2) is 0 Å². The molecule has 0 atom stereocenters. The summed E-state index contributed by atoms with van der Waals surface area (Å²) in [6, 6.07) is 59.6. The molecule has 182 valence electrons. The van der Waals surface area contributed by atoms with E-state index in [1.54, 1.807) is 0 Å². The lowest BCUT2D eigenvalue weighted by Gasteiger charge is -2.28. The van der Waals surface area contributed by atoms with Crippen LogP contribution in [0.25, 0.3) is 11.1 Å². The minimum atomic E-state index is 1.12. The van der Waals surface area contributed by atoms with Crippen LogP contribution in [0.2, 0.25) is 0 Å². The fraction of sp³-hybridized carbons (Fsp3) is 0. The van der Waals surface area contributed by atoms with Gasteiger partial charge in [-0.05, 0) is 72.3 Å². The van der Waals surface area contributed by atoms with Crippen molar-refractivity contribution in [1.82, 2.24) is 0 Å². The number of nitrogens with zero attached hydrogens (tertiary/aromatic N) is 2. The monoisotopic (exact) mass is 488 g/mol. The smallest absolute Gasteiger partial charge is 0.0540 e. The van der Waals surface area contributed by atoms with Crippen LogP contribution in [0.5, 0.6) is 0 Å². The van der Waals surface area contributed by atoms with Gasteiger partial charge in [-0.1, -0.05) is 103 Å². The van der Waals surface area contributed by atoms with Crippen molar-refractivity contribution in [3.8, 4) is 11.1 Å². The summed E-state index contributed by atoms with van der Waals surface area (Å²) >= 11 is 0. The third kappa shape index (κ3) is 4.80. The predicted octanol–water partition coefficient (Wildman–Crippen LogP) is 10.3. The van der Waals surface area contributed by atoms with Crippen molar-refractivity contribution in [1.29, 1.82) is 0 Å². The highest BCUT2D eigenvalue weighted by Crippen LogP contribution is 2.41. The molecule has 0 heterocycles. The molecule has 2 nitrogen and oxygen atoms in total. The van der Waals surface area contributed by atoms with Gasteiger partial charge in [0, 0.05) is 34.0 Å². The zero-order valence-corrected chi connectivity index (χ0v) is 21.1. The first-order valence-electron chi connectivity index (χ1n) is 12.9.